The molecule has 0 saturated carbocycles. The lowest BCUT2D eigenvalue weighted by molar-refractivity contribution is -0.128. The van der Waals surface area contributed by atoms with E-state index in [1.54, 1.807) is 16.0 Å². The normalized spacial score (nSPS) is 20.0. The van der Waals surface area contributed by atoms with Gasteiger partial charge in [-0.05, 0) is 39.5 Å². The Hall–Kier alpha value is -2.23. The summed E-state index contributed by atoms with van der Waals surface area (Å²) in [4.78, 5) is 30.0. The van der Waals surface area contributed by atoms with E-state index in [0.29, 0.717) is 45.2 Å². The molecule has 0 aliphatic carbocycles. The highest BCUT2D eigenvalue weighted by atomic mass is 16.6. The van der Waals surface area contributed by atoms with Crippen LogP contribution in [0.15, 0.2) is 11.8 Å². The second kappa shape index (κ2) is 8.43. The lowest BCUT2D eigenvalue weighted by Crippen LogP contribution is -2.48. The number of piperidine rings is 1. The van der Waals surface area contributed by atoms with Crippen molar-refractivity contribution in [3.8, 4) is 6.07 Å². The van der Waals surface area contributed by atoms with Crippen LogP contribution < -0.4 is 0 Å². The van der Waals surface area contributed by atoms with E-state index in [1.165, 1.54) is 0 Å². The molecule has 0 unspecified atom stereocenters. The number of carbonyl (C=O) groups is 2. The van der Waals surface area contributed by atoms with Gasteiger partial charge in [-0.15, -0.1) is 0 Å². The third kappa shape index (κ3) is 5.65. The molecule has 144 valence electrons. The third-order valence-electron chi connectivity index (χ3n) is 4.70. The first-order valence-electron chi connectivity index (χ1n) is 9.33. The van der Waals surface area contributed by atoms with Crippen LogP contribution in [0.25, 0.3) is 0 Å². The first-order chi connectivity index (χ1) is 12.2. The summed E-state index contributed by atoms with van der Waals surface area (Å²) in [6, 6.07) is 2.05. The van der Waals surface area contributed by atoms with Crippen molar-refractivity contribution in [2.24, 2.45) is 5.92 Å². The summed E-state index contributed by atoms with van der Waals surface area (Å²) in [6.07, 6.45) is 3.30. The molecule has 0 N–H and O–H groups in total. The number of likely N-dealkylation sites (tertiary alicyclic amines) is 1. The molecule has 0 spiro atoms. The van der Waals surface area contributed by atoms with Crippen LogP contribution in [0.3, 0.4) is 0 Å². The molecule has 26 heavy (non-hydrogen) atoms. The molecular weight excluding hydrogens is 332 g/mol. The molecule has 2 fully saturated rings. The number of nitrogens with zero attached hydrogens (tertiary/aromatic N) is 4. The van der Waals surface area contributed by atoms with Gasteiger partial charge in [-0.25, -0.2) is 4.79 Å². The molecule has 2 saturated heterocycles. The van der Waals surface area contributed by atoms with Gasteiger partial charge in [0.2, 0.25) is 0 Å². The van der Waals surface area contributed by atoms with Gasteiger partial charge < -0.3 is 19.4 Å². The molecule has 2 rings (SSSR count). The van der Waals surface area contributed by atoms with E-state index in [1.807, 2.05) is 31.7 Å². The molecule has 2 amide bonds. The van der Waals surface area contributed by atoms with Gasteiger partial charge in [0.05, 0.1) is 0 Å². The molecule has 0 atom stereocenters. The standard InChI is InChI=1S/C19H30N4O3/c1-15-5-7-22(8-6-15)17(24)16(13-20)14-21-9-11-23(12-10-21)18(25)26-19(2,3)4/h14-15H,5-12H2,1-4H3/b16-14-. The van der Waals surface area contributed by atoms with Gasteiger partial charge >= 0.3 is 6.09 Å². The van der Waals surface area contributed by atoms with E-state index in [0.717, 1.165) is 12.8 Å². The third-order valence-corrected chi connectivity index (χ3v) is 4.70. The SMILES string of the molecule is CC1CCN(C(=O)/C(C#N)=C\N2CCN(C(=O)OC(C)(C)C)CC2)CC1. The number of rotatable bonds is 2. The maximum absolute atomic E-state index is 12.6. The number of hydrogen-bond acceptors (Lipinski definition) is 5. The summed E-state index contributed by atoms with van der Waals surface area (Å²) < 4.78 is 5.38. The van der Waals surface area contributed by atoms with Crippen molar-refractivity contribution in [2.45, 2.75) is 46.1 Å². The average Bonchev–Trinajstić information content (AvgIpc) is 2.58. The molecule has 2 aliphatic heterocycles. The van der Waals surface area contributed by atoms with Crippen molar-refractivity contribution in [3.05, 3.63) is 11.8 Å². The van der Waals surface area contributed by atoms with Gasteiger partial charge in [-0.3, -0.25) is 4.79 Å². The Bertz CT molecular complexity index is 587. The van der Waals surface area contributed by atoms with Gasteiger partial charge in [0.1, 0.15) is 17.2 Å². The quantitative estimate of drug-likeness (QED) is 0.556. The minimum absolute atomic E-state index is 0.172. The summed E-state index contributed by atoms with van der Waals surface area (Å²) in [7, 11) is 0. The Morgan fingerprint density at radius 3 is 2.12 bits per heavy atom. The van der Waals surface area contributed by atoms with E-state index in [2.05, 4.69) is 6.92 Å². The van der Waals surface area contributed by atoms with Gasteiger partial charge in [-0.1, -0.05) is 6.92 Å². The summed E-state index contributed by atoms with van der Waals surface area (Å²) in [6.45, 7) is 11.3. The lowest BCUT2D eigenvalue weighted by Gasteiger charge is -2.35. The number of piperazine rings is 1. The van der Waals surface area contributed by atoms with Crippen LogP contribution >= 0.6 is 0 Å². The minimum atomic E-state index is -0.513. The number of nitriles is 1. The van der Waals surface area contributed by atoms with Crippen molar-refractivity contribution >= 4 is 12.0 Å². The van der Waals surface area contributed by atoms with Gasteiger partial charge in [0, 0.05) is 45.5 Å². The summed E-state index contributed by atoms with van der Waals surface area (Å²) in [5, 5.41) is 9.40. The number of amides is 2. The second-order valence-corrected chi connectivity index (χ2v) is 8.13. The molecular formula is C19H30N4O3. The van der Waals surface area contributed by atoms with Crippen LogP contribution in [0.4, 0.5) is 4.79 Å². The van der Waals surface area contributed by atoms with Crippen molar-refractivity contribution in [1.82, 2.24) is 14.7 Å². The maximum Gasteiger partial charge on any atom is 0.410 e. The maximum atomic E-state index is 12.6. The van der Waals surface area contributed by atoms with Crippen LogP contribution in [-0.4, -0.2) is 71.6 Å². The van der Waals surface area contributed by atoms with E-state index in [-0.39, 0.29) is 17.6 Å². The fourth-order valence-corrected chi connectivity index (χ4v) is 3.06. The lowest BCUT2D eigenvalue weighted by atomic mass is 9.99. The van der Waals surface area contributed by atoms with Crippen LogP contribution in [0.5, 0.6) is 0 Å². The predicted molar refractivity (Wildman–Crippen MR) is 98.1 cm³/mol. The largest absolute Gasteiger partial charge is 0.444 e. The Morgan fingerprint density at radius 2 is 1.62 bits per heavy atom. The fraction of sp³-hybridized carbons (Fsp3) is 0.737. The van der Waals surface area contributed by atoms with E-state index in [9.17, 15) is 14.9 Å². The smallest absolute Gasteiger partial charge is 0.410 e. The Balaban J connectivity index is 1.90. The van der Waals surface area contributed by atoms with Crippen molar-refractivity contribution in [2.75, 3.05) is 39.3 Å². The molecule has 0 aromatic heterocycles. The number of hydrogen-bond donors (Lipinski definition) is 0. The highest BCUT2D eigenvalue weighted by Gasteiger charge is 2.27. The molecule has 0 radical (unpaired) electrons. The summed E-state index contributed by atoms with van der Waals surface area (Å²) in [5.41, 5.74) is -0.342. The molecule has 0 bridgehead atoms. The molecule has 7 nitrogen and oxygen atoms in total. The zero-order chi connectivity index (χ0) is 19.3. The van der Waals surface area contributed by atoms with E-state index < -0.39 is 5.60 Å². The van der Waals surface area contributed by atoms with Gasteiger partial charge in [0.25, 0.3) is 5.91 Å². The van der Waals surface area contributed by atoms with Crippen molar-refractivity contribution in [1.29, 1.82) is 5.26 Å². The Kier molecular flexibility index (Phi) is 6.52. The zero-order valence-electron chi connectivity index (χ0n) is 16.3. The molecule has 7 heteroatoms. The van der Waals surface area contributed by atoms with E-state index in [4.69, 9.17) is 4.74 Å². The van der Waals surface area contributed by atoms with Crippen molar-refractivity contribution in [3.63, 3.8) is 0 Å². The molecule has 0 aromatic carbocycles. The predicted octanol–water partition coefficient (Wildman–Crippen LogP) is 2.21. The monoisotopic (exact) mass is 362 g/mol. The topological polar surface area (TPSA) is 76.9 Å². The highest BCUT2D eigenvalue weighted by molar-refractivity contribution is 5.97. The molecule has 2 heterocycles. The Labute approximate surface area is 156 Å². The highest BCUT2D eigenvalue weighted by Crippen LogP contribution is 2.18. The van der Waals surface area contributed by atoms with Crippen LogP contribution in [0.1, 0.15) is 40.5 Å². The van der Waals surface area contributed by atoms with Crippen molar-refractivity contribution < 1.29 is 14.3 Å². The van der Waals surface area contributed by atoms with Gasteiger partial charge in [-0.2, -0.15) is 5.26 Å². The van der Waals surface area contributed by atoms with Gasteiger partial charge in [0.15, 0.2) is 0 Å². The summed E-state index contributed by atoms with van der Waals surface area (Å²) >= 11 is 0. The Morgan fingerprint density at radius 1 is 1.04 bits per heavy atom. The number of ether oxygens (including phenoxy) is 1. The summed E-state index contributed by atoms with van der Waals surface area (Å²) in [5.74, 6) is 0.448. The zero-order valence-corrected chi connectivity index (χ0v) is 16.3. The fourth-order valence-electron chi connectivity index (χ4n) is 3.06. The van der Waals surface area contributed by atoms with Crippen LogP contribution in [-0.2, 0) is 9.53 Å². The molecule has 2 aliphatic rings. The van der Waals surface area contributed by atoms with Crippen LogP contribution in [0, 0.1) is 17.2 Å². The van der Waals surface area contributed by atoms with E-state index >= 15 is 0 Å². The average molecular weight is 362 g/mol. The number of carbonyl (C=O) groups excluding carboxylic acids is 2. The van der Waals surface area contributed by atoms with Crippen LogP contribution in [0.2, 0.25) is 0 Å². The molecule has 0 aromatic rings. The second-order valence-electron chi connectivity index (χ2n) is 8.13. The first kappa shape index (κ1) is 20.1. The first-order valence-corrected chi connectivity index (χ1v) is 9.33. The minimum Gasteiger partial charge on any atom is -0.444 e.